The van der Waals surface area contributed by atoms with E-state index in [-0.39, 0.29) is 24.2 Å². The van der Waals surface area contributed by atoms with Gasteiger partial charge in [-0.2, -0.15) is 26.3 Å². The van der Waals surface area contributed by atoms with Crippen LogP contribution in [-0.4, -0.2) is 45.3 Å². The van der Waals surface area contributed by atoms with E-state index in [1.165, 1.54) is 28.6 Å². The fourth-order valence-electron chi connectivity index (χ4n) is 3.26. The van der Waals surface area contributed by atoms with E-state index in [1.54, 1.807) is 0 Å². The summed E-state index contributed by atoms with van der Waals surface area (Å²) in [6, 6.07) is 4.36. The molecule has 0 aliphatic carbocycles. The van der Waals surface area contributed by atoms with Crippen LogP contribution in [0.2, 0.25) is 0 Å². The molecule has 10 heteroatoms. The summed E-state index contributed by atoms with van der Waals surface area (Å²) in [6.07, 6.45) is -10.6. The number of benzene rings is 1. The highest BCUT2D eigenvalue weighted by Crippen LogP contribution is 2.39. The second-order valence-electron chi connectivity index (χ2n) is 6.68. The van der Waals surface area contributed by atoms with Crippen molar-refractivity contribution in [2.45, 2.75) is 30.8 Å². The Bertz CT molecular complexity index is 876. The summed E-state index contributed by atoms with van der Waals surface area (Å²) in [5.41, 5.74) is -3.21. The first kappa shape index (κ1) is 19.5. The lowest BCUT2D eigenvalue weighted by molar-refractivity contribution is -0.271. The molecule has 148 valence electrons. The molecule has 1 amide bonds. The van der Waals surface area contributed by atoms with Crippen molar-refractivity contribution in [2.24, 2.45) is 7.05 Å². The van der Waals surface area contributed by atoms with E-state index in [4.69, 9.17) is 0 Å². The number of hydrogen-bond donors (Lipinski definition) is 1. The first-order valence-electron chi connectivity index (χ1n) is 8.08. The number of piperidine rings is 1. The number of hydrogen-bond acceptors (Lipinski definition) is 2. The summed E-state index contributed by atoms with van der Waals surface area (Å²) in [5.74, 6) is -0.591. The number of halogens is 6. The van der Waals surface area contributed by atoms with Crippen LogP contribution in [0, 0.1) is 0 Å². The number of carbonyl (C=O) groups is 1. The van der Waals surface area contributed by atoms with Crippen LogP contribution in [0.3, 0.4) is 0 Å². The number of amides is 1. The average Bonchev–Trinajstić information content (AvgIpc) is 2.89. The van der Waals surface area contributed by atoms with Gasteiger partial charge in [0.05, 0.1) is 5.56 Å². The highest BCUT2D eigenvalue weighted by Gasteiger charge is 2.55. The molecule has 1 aliphatic rings. The van der Waals surface area contributed by atoms with Gasteiger partial charge in [0.25, 0.3) is 5.91 Å². The Labute approximate surface area is 150 Å². The van der Waals surface area contributed by atoms with E-state index in [0.717, 1.165) is 12.1 Å². The number of rotatable bonds is 1. The topological polar surface area (TPSA) is 45.5 Å². The Morgan fingerprint density at radius 2 is 1.67 bits per heavy atom. The van der Waals surface area contributed by atoms with Crippen molar-refractivity contribution in [3.63, 3.8) is 0 Å². The van der Waals surface area contributed by atoms with Gasteiger partial charge in [0.15, 0.2) is 5.60 Å². The molecule has 27 heavy (non-hydrogen) atoms. The quantitative estimate of drug-likeness (QED) is 0.750. The van der Waals surface area contributed by atoms with Gasteiger partial charge in [-0.25, -0.2) is 0 Å². The Morgan fingerprint density at radius 1 is 1.07 bits per heavy atom. The summed E-state index contributed by atoms with van der Waals surface area (Å²) >= 11 is 0. The van der Waals surface area contributed by atoms with Crippen LogP contribution in [0.15, 0.2) is 24.3 Å². The summed E-state index contributed by atoms with van der Waals surface area (Å²) in [5, 5.41) is 9.89. The predicted octanol–water partition coefficient (Wildman–Crippen LogP) is 3.73. The van der Waals surface area contributed by atoms with Crippen molar-refractivity contribution in [2.75, 3.05) is 13.1 Å². The normalized spacial score (nSPS) is 18.1. The highest BCUT2D eigenvalue weighted by atomic mass is 19.4. The monoisotopic (exact) mass is 394 g/mol. The van der Waals surface area contributed by atoms with Gasteiger partial charge in [0.2, 0.25) is 0 Å². The number of likely N-dealkylation sites (tertiary alicyclic amines) is 1. The van der Waals surface area contributed by atoms with Gasteiger partial charge in [-0.3, -0.25) is 4.79 Å². The lowest BCUT2D eigenvalue weighted by Crippen LogP contribution is -2.54. The summed E-state index contributed by atoms with van der Waals surface area (Å²) in [4.78, 5) is 13.8. The van der Waals surface area contributed by atoms with Gasteiger partial charge >= 0.3 is 12.4 Å². The van der Waals surface area contributed by atoms with Crippen LogP contribution in [-0.2, 0) is 13.2 Å². The van der Waals surface area contributed by atoms with E-state index in [1.807, 2.05) is 0 Å². The Kier molecular flexibility index (Phi) is 4.45. The molecule has 2 heterocycles. The zero-order valence-electron chi connectivity index (χ0n) is 14.2. The maximum atomic E-state index is 12.9. The van der Waals surface area contributed by atoms with Crippen LogP contribution in [0.1, 0.15) is 28.9 Å². The Balaban J connectivity index is 1.86. The lowest BCUT2D eigenvalue weighted by atomic mass is 9.90. The standard InChI is InChI=1S/C17H16F6N2O2/c1-24-12-3-2-11(16(18,19)20)8-10(12)9-13(24)14(26)25-6-4-15(27,5-7-25)17(21,22)23/h2-3,8-9,27H,4-7H2,1H3. The molecule has 1 aromatic heterocycles. The third-order valence-corrected chi connectivity index (χ3v) is 4.99. The molecule has 0 spiro atoms. The van der Waals surface area contributed by atoms with Crippen molar-refractivity contribution in [1.29, 1.82) is 0 Å². The number of alkyl halides is 6. The van der Waals surface area contributed by atoms with Gasteiger partial charge in [0, 0.05) is 43.9 Å². The largest absolute Gasteiger partial charge is 0.417 e. The molecule has 0 bridgehead atoms. The number of nitrogens with zero attached hydrogens (tertiary/aromatic N) is 2. The third-order valence-electron chi connectivity index (χ3n) is 4.99. The van der Waals surface area contributed by atoms with Gasteiger partial charge in [-0.15, -0.1) is 0 Å². The minimum Gasteiger partial charge on any atom is -0.380 e. The fourth-order valence-corrected chi connectivity index (χ4v) is 3.26. The van der Waals surface area contributed by atoms with Gasteiger partial charge in [-0.1, -0.05) is 0 Å². The van der Waals surface area contributed by atoms with Crippen molar-refractivity contribution in [1.82, 2.24) is 9.47 Å². The van der Waals surface area contributed by atoms with E-state index in [0.29, 0.717) is 5.52 Å². The van der Waals surface area contributed by atoms with Crippen LogP contribution in [0.25, 0.3) is 10.9 Å². The molecule has 2 aromatic rings. The lowest BCUT2D eigenvalue weighted by Gasteiger charge is -2.39. The molecule has 0 unspecified atom stereocenters. The SMILES string of the molecule is Cn1c(C(=O)N2CCC(O)(C(F)(F)F)CC2)cc2cc(C(F)(F)F)ccc21. The van der Waals surface area contributed by atoms with Crippen molar-refractivity contribution in [3.8, 4) is 0 Å². The fraction of sp³-hybridized carbons (Fsp3) is 0.471. The molecular weight excluding hydrogens is 378 g/mol. The molecule has 1 fully saturated rings. The van der Waals surface area contributed by atoms with Crippen LogP contribution < -0.4 is 0 Å². The van der Waals surface area contributed by atoms with Crippen LogP contribution in [0.5, 0.6) is 0 Å². The van der Waals surface area contributed by atoms with Crippen molar-refractivity contribution in [3.05, 3.63) is 35.5 Å². The molecule has 0 radical (unpaired) electrons. The number of aliphatic hydroxyl groups is 1. The number of carbonyl (C=O) groups excluding carboxylic acids is 1. The summed E-state index contributed by atoms with van der Waals surface area (Å²) in [7, 11) is 1.50. The molecule has 0 saturated carbocycles. The molecule has 1 aliphatic heterocycles. The zero-order valence-corrected chi connectivity index (χ0v) is 14.2. The predicted molar refractivity (Wildman–Crippen MR) is 84.1 cm³/mol. The number of fused-ring (bicyclic) bond motifs is 1. The van der Waals surface area contributed by atoms with Crippen LogP contribution >= 0.6 is 0 Å². The molecule has 3 rings (SSSR count). The highest BCUT2D eigenvalue weighted by molar-refractivity contribution is 5.99. The Hall–Kier alpha value is -2.23. The van der Waals surface area contributed by atoms with Gasteiger partial charge < -0.3 is 14.6 Å². The smallest absolute Gasteiger partial charge is 0.380 e. The van der Waals surface area contributed by atoms with E-state index in [2.05, 4.69) is 0 Å². The zero-order chi connectivity index (χ0) is 20.2. The second kappa shape index (κ2) is 6.15. The first-order chi connectivity index (χ1) is 12.3. The Morgan fingerprint density at radius 3 is 2.19 bits per heavy atom. The minimum atomic E-state index is -4.78. The first-order valence-corrected chi connectivity index (χ1v) is 8.08. The number of aromatic nitrogens is 1. The van der Waals surface area contributed by atoms with Crippen LogP contribution in [0.4, 0.5) is 26.3 Å². The number of aryl methyl sites for hydroxylation is 1. The summed E-state index contributed by atoms with van der Waals surface area (Å²) < 4.78 is 78.5. The van der Waals surface area contributed by atoms with Gasteiger partial charge in [0.1, 0.15) is 5.69 Å². The molecular formula is C17H16F6N2O2. The maximum Gasteiger partial charge on any atom is 0.417 e. The molecule has 1 saturated heterocycles. The molecule has 4 nitrogen and oxygen atoms in total. The molecule has 1 N–H and O–H groups in total. The molecule has 1 aromatic carbocycles. The van der Waals surface area contributed by atoms with E-state index in [9.17, 15) is 36.2 Å². The molecule has 0 atom stereocenters. The maximum absolute atomic E-state index is 12.9. The average molecular weight is 394 g/mol. The van der Waals surface area contributed by atoms with Gasteiger partial charge in [-0.05, 0) is 24.3 Å². The third kappa shape index (κ3) is 3.38. The van der Waals surface area contributed by atoms with E-state index >= 15 is 0 Å². The second-order valence-corrected chi connectivity index (χ2v) is 6.68. The minimum absolute atomic E-state index is 0.0711. The van der Waals surface area contributed by atoms with E-state index < -0.39 is 42.3 Å². The summed E-state index contributed by atoms with van der Waals surface area (Å²) in [6.45, 7) is -0.603. The van der Waals surface area contributed by atoms with Crippen molar-refractivity contribution >= 4 is 16.8 Å². The van der Waals surface area contributed by atoms with Crippen molar-refractivity contribution < 1.29 is 36.2 Å².